The number of halogens is 3. The highest BCUT2D eigenvalue weighted by Gasteiger charge is 2.38. The van der Waals surface area contributed by atoms with Gasteiger partial charge >= 0.3 is 12.1 Å². The summed E-state index contributed by atoms with van der Waals surface area (Å²) in [6.45, 7) is 1.83. The third kappa shape index (κ3) is 3.74. The van der Waals surface area contributed by atoms with Crippen molar-refractivity contribution in [1.82, 2.24) is 25.4 Å². The van der Waals surface area contributed by atoms with Crippen LogP contribution in [0.15, 0.2) is 16.9 Å². The summed E-state index contributed by atoms with van der Waals surface area (Å²) in [5.41, 5.74) is 0.180. The van der Waals surface area contributed by atoms with Gasteiger partial charge in [-0.2, -0.15) is 18.2 Å². The van der Waals surface area contributed by atoms with E-state index in [0.29, 0.717) is 12.2 Å². The Balaban J connectivity index is 2.08. The SMILES string of the molecule is CCC(=O)NCc1ncc(-c2noc(C(F)(F)F)n2)cn1. The van der Waals surface area contributed by atoms with Gasteiger partial charge in [0, 0.05) is 18.8 Å². The highest BCUT2D eigenvalue weighted by atomic mass is 19.4. The lowest BCUT2D eigenvalue weighted by Crippen LogP contribution is -2.22. The normalized spacial score (nSPS) is 11.4. The third-order valence-corrected chi connectivity index (χ3v) is 2.40. The van der Waals surface area contributed by atoms with Crippen LogP contribution in [0.1, 0.15) is 25.1 Å². The summed E-state index contributed by atoms with van der Waals surface area (Å²) in [6.07, 6.45) is -1.85. The van der Waals surface area contributed by atoms with Gasteiger partial charge < -0.3 is 9.84 Å². The van der Waals surface area contributed by atoms with Crippen molar-refractivity contribution in [3.05, 3.63) is 24.1 Å². The van der Waals surface area contributed by atoms with Crippen molar-refractivity contribution in [2.45, 2.75) is 26.1 Å². The molecule has 0 unspecified atom stereocenters. The summed E-state index contributed by atoms with van der Waals surface area (Å²) >= 11 is 0. The summed E-state index contributed by atoms with van der Waals surface area (Å²) in [7, 11) is 0. The van der Waals surface area contributed by atoms with E-state index in [0.717, 1.165) is 0 Å². The lowest BCUT2D eigenvalue weighted by atomic mass is 10.3. The number of rotatable bonds is 4. The molecule has 0 aliphatic rings. The zero-order chi connectivity index (χ0) is 15.5. The van der Waals surface area contributed by atoms with Crippen LogP contribution in [0.4, 0.5) is 13.2 Å². The molecular formula is C11H10F3N5O2. The first-order valence-electron chi connectivity index (χ1n) is 5.89. The number of alkyl halides is 3. The Morgan fingerprint density at radius 3 is 2.52 bits per heavy atom. The van der Waals surface area contributed by atoms with Gasteiger partial charge in [-0.1, -0.05) is 12.1 Å². The van der Waals surface area contributed by atoms with E-state index in [1.165, 1.54) is 12.4 Å². The van der Waals surface area contributed by atoms with Gasteiger partial charge in [-0.05, 0) is 0 Å². The van der Waals surface area contributed by atoms with E-state index >= 15 is 0 Å². The Morgan fingerprint density at radius 1 is 1.33 bits per heavy atom. The average Bonchev–Trinajstić information content (AvgIpc) is 2.95. The zero-order valence-electron chi connectivity index (χ0n) is 10.8. The molecule has 7 nitrogen and oxygen atoms in total. The molecule has 10 heteroatoms. The molecule has 0 aromatic carbocycles. The maximum atomic E-state index is 12.3. The summed E-state index contributed by atoms with van der Waals surface area (Å²) in [4.78, 5) is 22.1. The van der Waals surface area contributed by atoms with Crippen LogP contribution in [0, 0.1) is 0 Å². The molecule has 0 atom stereocenters. The van der Waals surface area contributed by atoms with Crippen LogP contribution in [0.3, 0.4) is 0 Å². The fourth-order valence-corrected chi connectivity index (χ4v) is 1.32. The quantitative estimate of drug-likeness (QED) is 0.921. The Kier molecular flexibility index (Phi) is 4.15. The smallest absolute Gasteiger partial charge is 0.349 e. The van der Waals surface area contributed by atoms with Crippen LogP contribution in [-0.4, -0.2) is 26.0 Å². The molecule has 0 radical (unpaired) electrons. The summed E-state index contributed by atoms with van der Waals surface area (Å²) < 4.78 is 41.1. The number of carbonyl (C=O) groups excluding carboxylic acids is 1. The standard InChI is InChI=1S/C11H10F3N5O2/c1-2-8(20)17-5-7-15-3-6(4-16-7)9-18-10(21-19-9)11(12,13)14/h3-4H,2,5H2,1H3,(H,17,20). The first-order chi connectivity index (χ1) is 9.90. The first-order valence-corrected chi connectivity index (χ1v) is 5.89. The van der Waals surface area contributed by atoms with Crippen LogP contribution in [-0.2, 0) is 17.5 Å². The van der Waals surface area contributed by atoms with Crippen LogP contribution in [0.5, 0.6) is 0 Å². The number of carbonyl (C=O) groups is 1. The maximum absolute atomic E-state index is 12.3. The lowest BCUT2D eigenvalue weighted by molar-refractivity contribution is -0.159. The topological polar surface area (TPSA) is 93.8 Å². The van der Waals surface area contributed by atoms with Crippen molar-refractivity contribution in [3.8, 4) is 11.4 Å². The van der Waals surface area contributed by atoms with E-state index in [2.05, 4.69) is 29.9 Å². The zero-order valence-corrected chi connectivity index (χ0v) is 10.8. The fraction of sp³-hybridized carbons (Fsp3) is 0.364. The van der Waals surface area contributed by atoms with Gasteiger partial charge in [-0.15, -0.1) is 0 Å². The molecule has 2 aromatic rings. The van der Waals surface area contributed by atoms with Crippen LogP contribution in [0.2, 0.25) is 0 Å². The fourth-order valence-electron chi connectivity index (χ4n) is 1.32. The molecule has 2 rings (SSSR count). The second-order valence-corrected chi connectivity index (χ2v) is 3.94. The summed E-state index contributed by atoms with van der Waals surface area (Å²) in [6, 6.07) is 0. The average molecular weight is 301 g/mol. The van der Waals surface area contributed by atoms with Crippen LogP contribution < -0.4 is 5.32 Å². The molecule has 1 amide bonds. The molecule has 0 fully saturated rings. The van der Waals surface area contributed by atoms with Gasteiger partial charge in [-0.25, -0.2) is 9.97 Å². The van der Waals surface area contributed by atoms with Crippen LogP contribution >= 0.6 is 0 Å². The molecule has 0 spiro atoms. The van der Waals surface area contributed by atoms with E-state index in [9.17, 15) is 18.0 Å². The molecule has 0 aliphatic carbocycles. The molecule has 0 bridgehead atoms. The molecule has 0 saturated heterocycles. The minimum absolute atomic E-state index is 0.132. The second-order valence-electron chi connectivity index (χ2n) is 3.94. The minimum atomic E-state index is -4.70. The van der Waals surface area contributed by atoms with Crippen molar-refractivity contribution in [3.63, 3.8) is 0 Å². The Hall–Kier alpha value is -2.52. The third-order valence-electron chi connectivity index (χ3n) is 2.40. The molecule has 2 aromatic heterocycles. The summed E-state index contributed by atoms with van der Waals surface area (Å²) in [5.74, 6) is -1.53. The Bertz CT molecular complexity index is 624. The lowest BCUT2D eigenvalue weighted by Gasteiger charge is -2.02. The van der Waals surface area contributed by atoms with Gasteiger partial charge in [0.2, 0.25) is 11.7 Å². The number of aromatic nitrogens is 4. The molecule has 0 aliphatic heterocycles. The highest BCUT2D eigenvalue weighted by molar-refractivity contribution is 5.75. The Morgan fingerprint density at radius 2 is 2.00 bits per heavy atom. The van der Waals surface area contributed by atoms with Gasteiger partial charge in [0.25, 0.3) is 0 Å². The number of hydrogen-bond acceptors (Lipinski definition) is 6. The predicted molar refractivity (Wildman–Crippen MR) is 62.5 cm³/mol. The first kappa shape index (κ1) is 14.9. The van der Waals surface area contributed by atoms with Crippen molar-refractivity contribution >= 4 is 5.91 Å². The molecular weight excluding hydrogens is 291 g/mol. The van der Waals surface area contributed by atoms with E-state index in [4.69, 9.17) is 0 Å². The van der Waals surface area contributed by atoms with Gasteiger partial charge in [0.05, 0.1) is 12.1 Å². The van der Waals surface area contributed by atoms with E-state index < -0.39 is 12.1 Å². The van der Waals surface area contributed by atoms with Crippen molar-refractivity contribution in [1.29, 1.82) is 0 Å². The van der Waals surface area contributed by atoms with Crippen molar-refractivity contribution in [2.75, 3.05) is 0 Å². The molecule has 2 heterocycles. The van der Waals surface area contributed by atoms with Gasteiger partial charge in [0.1, 0.15) is 5.82 Å². The number of hydrogen-bond donors (Lipinski definition) is 1. The monoisotopic (exact) mass is 301 g/mol. The predicted octanol–water partition coefficient (Wildman–Crippen LogP) is 1.57. The van der Waals surface area contributed by atoms with Gasteiger partial charge in [0.15, 0.2) is 0 Å². The highest BCUT2D eigenvalue weighted by Crippen LogP contribution is 2.28. The second kappa shape index (κ2) is 5.85. The minimum Gasteiger partial charge on any atom is -0.349 e. The maximum Gasteiger partial charge on any atom is 0.471 e. The summed E-state index contributed by atoms with van der Waals surface area (Å²) in [5, 5.41) is 5.78. The largest absolute Gasteiger partial charge is 0.471 e. The number of amides is 1. The van der Waals surface area contributed by atoms with Crippen molar-refractivity contribution < 1.29 is 22.5 Å². The van der Waals surface area contributed by atoms with E-state index in [-0.39, 0.29) is 23.8 Å². The number of nitrogens with one attached hydrogen (secondary N) is 1. The number of nitrogens with zero attached hydrogens (tertiary/aromatic N) is 4. The molecule has 112 valence electrons. The van der Waals surface area contributed by atoms with E-state index in [1.807, 2.05) is 0 Å². The van der Waals surface area contributed by atoms with E-state index in [1.54, 1.807) is 6.92 Å². The van der Waals surface area contributed by atoms with Crippen LogP contribution in [0.25, 0.3) is 11.4 Å². The Labute approximate surface area is 116 Å². The van der Waals surface area contributed by atoms with Gasteiger partial charge in [-0.3, -0.25) is 4.79 Å². The van der Waals surface area contributed by atoms with Crippen molar-refractivity contribution in [2.24, 2.45) is 0 Å². The molecule has 0 saturated carbocycles. The molecule has 21 heavy (non-hydrogen) atoms. The molecule has 1 N–H and O–H groups in total.